The second-order valence-corrected chi connectivity index (χ2v) is 6.70. The summed E-state index contributed by atoms with van der Waals surface area (Å²) in [6.45, 7) is 0. The molecule has 5 nitrogen and oxygen atoms in total. The van der Waals surface area contributed by atoms with E-state index in [-0.39, 0.29) is 15.6 Å². The lowest BCUT2D eigenvalue weighted by Gasteiger charge is -1.99. The summed E-state index contributed by atoms with van der Waals surface area (Å²) in [5.74, 6) is -0.235. The number of thiazole rings is 1. The molecule has 0 aliphatic carbocycles. The first kappa shape index (κ1) is 12.2. The van der Waals surface area contributed by atoms with E-state index in [4.69, 9.17) is 10.7 Å². The zero-order valence-electron chi connectivity index (χ0n) is 8.18. The van der Waals surface area contributed by atoms with Gasteiger partial charge in [0.1, 0.15) is 0 Å². The fourth-order valence-electron chi connectivity index (χ4n) is 1.28. The number of hydrogen-bond acceptors (Lipinski definition) is 5. The molecule has 0 radical (unpaired) electrons. The molecular formula is C9H6ClNO4S2. The molecule has 1 aromatic heterocycles. The average molecular weight is 292 g/mol. The minimum atomic E-state index is -3.76. The Kier molecular flexibility index (Phi) is 2.98. The van der Waals surface area contributed by atoms with E-state index in [1.165, 1.54) is 24.3 Å². The largest absolute Gasteiger partial charge is 0.493 e. The van der Waals surface area contributed by atoms with Gasteiger partial charge < -0.3 is 5.11 Å². The van der Waals surface area contributed by atoms with Gasteiger partial charge >= 0.3 is 4.87 Å². The lowest BCUT2D eigenvalue weighted by atomic mass is 10.2. The van der Waals surface area contributed by atoms with Crippen molar-refractivity contribution in [1.82, 2.24) is 4.98 Å². The van der Waals surface area contributed by atoms with Crippen molar-refractivity contribution in [1.29, 1.82) is 0 Å². The van der Waals surface area contributed by atoms with Crippen LogP contribution in [-0.4, -0.2) is 18.5 Å². The molecule has 0 unspecified atom stereocenters. The second-order valence-electron chi connectivity index (χ2n) is 3.15. The number of aromatic amines is 1. The summed E-state index contributed by atoms with van der Waals surface area (Å²) in [5.41, 5.74) is 0.537. The maximum Gasteiger partial charge on any atom is 0.307 e. The smallest absolute Gasteiger partial charge is 0.307 e. The minimum Gasteiger partial charge on any atom is -0.493 e. The molecule has 0 saturated heterocycles. The van der Waals surface area contributed by atoms with Crippen LogP contribution in [0, 0.1) is 0 Å². The van der Waals surface area contributed by atoms with Gasteiger partial charge in [0.05, 0.1) is 9.77 Å². The van der Waals surface area contributed by atoms with Gasteiger partial charge in [-0.2, -0.15) is 0 Å². The molecule has 2 N–H and O–H groups in total. The third-order valence-corrected chi connectivity index (χ3v) is 4.32. The van der Waals surface area contributed by atoms with Crippen molar-refractivity contribution in [3.05, 3.63) is 33.9 Å². The molecule has 0 saturated carbocycles. The predicted molar refractivity (Wildman–Crippen MR) is 65.1 cm³/mol. The molecule has 0 fully saturated rings. The van der Waals surface area contributed by atoms with Crippen LogP contribution in [0.1, 0.15) is 0 Å². The Morgan fingerprint density at radius 2 is 1.82 bits per heavy atom. The number of rotatable bonds is 2. The van der Waals surface area contributed by atoms with Gasteiger partial charge in [-0.15, -0.1) is 0 Å². The lowest BCUT2D eigenvalue weighted by Crippen LogP contribution is -1.89. The van der Waals surface area contributed by atoms with Crippen LogP contribution in [0.5, 0.6) is 5.88 Å². The van der Waals surface area contributed by atoms with Gasteiger partial charge in [-0.25, -0.2) is 8.42 Å². The average Bonchev–Trinajstić information content (AvgIpc) is 2.57. The lowest BCUT2D eigenvalue weighted by molar-refractivity contribution is 0.458. The minimum absolute atomic E-state index is 0.0368. The van der Waals surface area contributed by atoms with Crippen LogP contribution in [0.2, 0.25) is 0 Å². The fraction of sp³-hybridized carbons (Fsp3) is 0. The van der Waals surface area contributed by atoms with Crippen molar-refractivity contribution in [3.8, 4) is 16.3 Å². The van der Waals surface area contributed by atoms with E-state index in [9.17, 15) is 18.3 Å². The predicted octanol–water partition coefficient (Wildman–Crippen LogP) is 1.74. The number of H-pyrrole nitrogens is 1. The summed E-state index contributed by atoms with van der Waals surface area (Å²) in [6, 6.07) is 5.55. The third kappa shape index (κ3) is 2.51. The van der Waals surface area contributed by atoms with Crippen LogP contribution in [0.4, 0.5) is 0 Å². The number of halogens is 1. The quantitative estimate of drug-likeness (QED) is 0.825. The van der Waals surface area contributed by atoms with Crippen LogP contribution >= 0.6 is 22.0 Å². The van der Waals surface area contributed by atoms with Crippen LogP contribution in [0.3, 0.4) is 0 Å². The Morgan fingerprint density at radius 1 is 1.24 bits per heavy atom. The van der Waals surface area contributed by atoms with E-state index in [1.54, 1.807) is 0 Å². The Morgan fingerprint density at radius 3 is 2.24 bits per heavy atom. The first-order valence-corrected chi connectivity index (χ1v) is 7.47. The van der Waals surface area contributed by atoms with Crippen molar-refractivity contribution in [2.45, 2.75) is 4.90 Å². The molecule has 8 heteroatoms. The Bertz CT molecular complexity index is 699. The van der Waals surface area contributed by atoms with Gasteiger partial charge in [-0.3, -0.25) is 9.78 Å². The van der Waals surface area contributed by atoms with Crippen LogP contribution in [0.15, 0.2) is 34.0 Å². The second kappa shape index (κ2) is 4.17. The van der Waals surface area contributed by atoms with Crippen molar-refractivity contribution in [2.75, 3.05) is 0 Å². The first-order chi connectivity index (χ1) is 7.88. The van der Waals surface area contributed by atoms with E-state index in [0.29, 0.717) is 10.4 Å². The number of benzene rings is 1. The maximum absolute atomic E-state index is 11.0. The molecular weight excluding hydrogens is 286 g/mol. The van der Waals surface area contributed by atoms with E-state index in [0.717, 1.165) is 11.3 Å². The van der Waals surface area contributed by atoms with Gasteiger partial charge in [-0.05, 0) is 17.7 Å². The summed E-state index contributed by atoms with van der Waals surface area (Å²) < 4.78 is 22.0. The highest BCUT2D eigenvalue weighted by Crippen LogP contribution is 2.30. The van der Waals surface area contributed by atoms with Gasteiger partial charge in [0.15, 0.2) is 0 Å². The van der Waals surface area contributed by atoms with E-state index < -0.39 is 9.05 Å². The maximum atomic E-state index is 11.0. The molecule has 0 atom stereocenters. The molecule has 2 rings (SSSR count). The molecule has 2 aromatic rings. The normalized spacial score (nSPS) is 11.6. The molecule has 17 heavy (non-hydrogen) atoms. The molecule has 0 aliphatic heterocycles. The Balaban J connectivity index is 2.50. The summed E-state index contributed by atoms with van der Waals surface area (Å²) in [7, 11) is 1.40. The topological polar surface area (TPSA) is 87.2 Å². The Hall–Kier alpha value is -1.31. The molecule has 1 aromatic carbocycles. The van der Waals surface area contributed by atoms with E-state index >= 15 is 0 Å². The number of aromatic nitrogens is 1. The summed E-state index contributed by atoms with van der Waals surface area (Å²) in [4.78, 5) is 13.2. The highest BCUT2D eigenvalue weighted by molar-refractivity contribution is 8.13. The molecule has 90 valence electrons. The van der Waals surface area contributed by atoms with Crippen LogP contribution in [-0.2, 0) is 9.05 Å². The first-order valence-electron chi connectivity index (χ1n) is 4.35. The number of aromatic hydroxyl groups is 1. The fourth-order valence-corrected chi connectivity index (χ4v) is 2.79. The van der Waals surface area contributed by atoms with Crippen molar-refractivity contribution < 1.29 is 13.5 Å². The van der Waals surface area contributed by atoms with Crippen molar-refractivity contribution in [3.63, 3.8) is 0 Å². The van der Waals surface area contributed by atoms with Gasteiger partial charge in [0.2, 0.25) is 5.88 Å². The highest BCUT2D eigenvalue weighted by atomic mass is 35.7. The third-order valence-electron chi connectivity index (χ3n) is 2.03. The van der Waals surface area contributed by atoms with Crippen molar-refractivity contribution >= 4 is 31.1 Å². The van der Waals surface area contributed by atoms with Gasteiger partial charge in [-0.1, -0.05) is 23.5 Å². The zero-order chi connectivity index (χ0) is 12.6. The van der Waals surface area contributed by atoms with Crippen LogP contribution < -0.4 is 4.87 Å². The van der Waals surface area contributed by atoms with Gasteiger partial charge in [0.25, 0.3) is 9.05 Å². The Labute approximate surface area is 105 Å². The summed E-state index contributed by atoms with van der Waals surface area (Å²) in [6.07, 6.45) is 0. The highest BCUT2D eigenvalue weighted by Gasteiger charge is 2.12. The van der Waals surface area contributed by atoms with Crippen molar-refractivity contribution in [2.24, 2.45) is 0 Å². The molecule has 0 spiro atoms. The van der Waals surface area contributed by atoms with Crippen LogP contribution in [0.25, 0.3) is 10.4 Å². The van der Waals surface area contributed by atoms with E-state index in [2.05, 4.69) is 4.98 Å². The number of hydrogen-bond donors (Lipinski definition) is 2. The summed E-state index contributed by atoms with van der Waals surface area (Å²) >= 11 is 0.837. The molecule has 0 amide bonds. The van der Waals surface area contributed by atoms with Gasteiger partial charge in [0, 0.05) is 10.7 Å². The standard InChI is InChI=1S/C9H6ClNO4S2/c10-17(14,15)6-3-1-5(2-4-6)7-8(12)11-9(13)16-7/h1-4,12H,(H,11,13). The molecule has 0 aliphatic rings. The summed E-state index contributed by atoms with van der Waals surface area (Å²) in [5, 5.41) is 9.42. The molecule has 1 heterocycles. The molecule has 0 bridgehead atoms. The zero-order valence-corrected chi connectivity index (χ0v) is 10.6. The number of nitrogens with one attached hydrogen (secondary N) is 1. The monoisotopic (exact) mass is 291 g/mol. The SMILES string of the molecule is O=c1[nH]c(O)c(-c2ccc(S(=O)(=O)Cl)cc2)s1. The van der Waals surface area contributed by atoms with E-state index in [1.807, 2.05) is 0 Å².